The minimum atomic E-state index is -4.52. The summed E-state index contributed by atoms with van der Waals surface area (Å²) in [6.07, 6.45) is -4.21. The molecule has 1 aliphatic rings. The van der Waals surface area contributed by atoms with Gasteiger partial charge in [-0.2, -0.15) is 13.2 Å². The number of carbonyl (C=O) groups excluding carboxylic acids is 1. The molecule has 0 bridgehead atoms. The summed E-state index contributed by atoms with van der Waals surface area (Å²) in [5.41, 5.74) is -0.916. The molecule has 1 fully saturated rings. The number of benzene rings is 1. The third-order valence-electron chi connectivity index (χ3n) is 3.60. The number of anilines is 1. The van der Waals surface area contributed by atoms with E-state index in [1.54, 1.807) is 0 Å². The first-order valence-corrected chi connectivity index (χ1v) is 7.09. The van der Waals surface area contributed by atoms with Crippen molar-refractivity contribution in [2.45, 2.75) is 31.5 Å². The number of hydrogen-bond acceptors (Lipinski definition) is 3. The molecule has 0 aliphatic carbocycles. The molecule has 0 radical (unpaired) electrons. The highest BCUT2D eigenvalue weighted by molar-refractivity contribution is 5.94. The lowest BCUT2D eigenvalue weighted by atomic mass is 9.95. The largest absolute Gasteiger partial charge is 0.481 e. The molecule has 2 atom stereocenters. The number of aliphatic carboxylic acids is 1. The van der Waals surface area contributed by atoms with E-state index in [-0.39, 0.29) is 5.69 Å². The number of carboxylic acid groups (broad SMARTS) is 1. The Kier molecular flexibility index (Phi) is 5.25. The van der Waals surface area contributed by atoms with Crippen LogP contribution in [-0.2, 0) is 20.5 Å². The van der Waals surface area contributed by atoms with Crippen LogP contribution in [0.5, 0.6) is 0 Å². The minimum Gasteiger partial charge on any atom is -0.481 e. The molecule has 0 saturated carbocycles. The van der Waals surface area contributed by atoms with Crippen LogP contribution < -0.4 is 5.32 Å². The Morgan fingerprint density at radius 3 is 2.70 bits per heavy atom. The number of alkyl halides is 3. The normalized spacial score (nSPS) is 19.3. The van der Waals surface area contributed by atoms with Gasteiger partial charge in [-0.3, -0.25) is 9.59 Å². The van der Waals surface area contributed by atoms with Crippen LogP contribution in [0.25, 0.3) is 0 Å². The summed E-state index contributed by atoms with van der Waals surface area (Å²) in [5, 5.41) is 11.3. The highest BCUT2D eigenvalue weighted by atomic mass is 19.4. The van der Waals surface area contributed by atoms with Crippen molar-refractivity contribution < 1.29 is 32.6 Å². The van der Waals surface area contributed by atoms with Crippen LogP contribution in [0.15, 0.2) is 24.3 Å². The van der Waals surface area contributed by atoms with Gasteiger partial charge in [-0.25, -0.2) is 0 Å². The van der Waals surface area contributed by atoms with Gasteiger partial charge in [0.05, 0.1) is 24.0 Å². The predicted octanol–water partition coefficient (Wildman–Crippen LogP) is 2.91. The smallest absolute Gasteiger partial charge is 0.416 e. The SMILES string of the molecule is O=C(O)C[C@@H](C(=O)Nc1cccc(C(F)(F)F)c1)[C@@H]1CCCO1. The molecule has 5 nitrogen and oxygen atoms in total. The molecule has 8 heteroatoms. The van der Waals surface area contributed by atoms with Gasteiger partial charge in [0.15, 0.2) is 0 Å². The lowest BCUT2D eigenvalue weighted by Crippen LogP contribution is -2.34. The number of nitrogens with one attached hydrogen (secondary N) is 1. The zero-order valence-electron chi connectivity index (χ0n) is 12.1. The highest BCUT2D eigenvalue weighted by Gasteiger charge is 2.34. The molecule has 1 saturated heterocycles. The second kappa shape index (κ2) is 6.99. The number of ether oxygens (including phenoxy) is 1. The second-order valence-electron chi connectivity index (χ2n) is 5.32. The number of halogens is 3. The van der Waals surface area contributed by atoms with Crippen molar-refractivity contribution in [2.24, 2.45) is 5.92 Å². The lowest BCUT2D eigenvalue weighted by Gasteiger charge is -2.21. The second-order valence-corrected chi connectivity index (χ2v) is 5.32. The van der Waals surface area contributed by atoms with Gasteiger partial charge in [0, 0.05) is 12.3 Å². The third kappa shape index (κ3) is 4.69. The maximum atomic E-state index is 12.7. The molecule has 23 heavy (non-hydrogen) atoms. The molecule has 1 heterocycles. The van der Waals surface area contributed by atoms with Crippen LogP contribution in [0.1, 0.15) is 24.8 Å². The Hall–Kier alpha value is -2.09. The van der Waals surface area contributed by atoms with E-state index in [1.165, 1.54) is 12.1 Å². The van der Waals surface area contributed by atoms with Gasteiger partial charge in [0.2, 0.25) is 5.91 Å². The third-order valence-corrected chi connectivity index (χ3v) is 3.60. The first-order valence-electron chi connectivity index (χ1n) is 7.09. The van der Waals surface area contributed by atoms with E-state index in [2.05, 4.69) is 5.32 Å². The van der Waals surface area contributed by atoms with E-state index < -0.39 is 42.1 Å². The van der Waals surface area contributed by atoms with Crippen LogP contribution in [0.4, 0.5) is 18.9 Å². The quantitative estimate of drug-likeness (QED) is 0.870. The Morgan fingerprint density at radius 1 is 1.39 bits per heavy atom. The summed E-state index contributed by atoms with van der Waals surface area (Å²) in [7, 11) is 0. The standard InChI is InChI=1S/C15H16F3NO4/c16-15(17,18)9-3-1-4-10(7-9)19-14(22)11(8-13(20)21)12-5-2-6-23-12/h1,3-4,7,11-12H,2,5-6,8H2,(H,19,22)(H,20,21)/t11-,12+/m1/s1. The van der Waals surface area contributed by atoms with Crippen molar-refractivity contribution in [1.82, 2.24) is 0 Å². The van der Waals surface area contributed by atoms with Crippen molar-refractivity contribution in [3.05, 3.63) is 29.8 Å². The zero-order valence-corrected chi connectivity index (χ0v) is 12.1. The van der Waals surface area contributed by atoms with E-state index in [1.807, 2.05) is 0 Å². The van der Waals surface area contributed by atoms with Gasteiger partial charge in [-0.1, -0.05) is 6.07 Å². The van der Waals surface area contributed by atoms with E-state index in [4.69, 9.17) is 9.84 Å². The van der Waals surface area contributed by atoms with Crippen LogP contribution in [-0.4, -0.2) is 29.7 Å². The lowest BCUT2D eigenvalue weighted by molar-refractivity contribution is -0.142. The van der Waals surface area contributed by atoms with Crippen molar-refractivity contribution in [3.63, 3.8) is 0 Å². The Bertz CT molecular complexity index is 582. The summed E-state index contributed by atoms with van der Waals surface area (Å²) in [4.78, 5) is 23.2. The predicted molar refractivity (Wildman–Crippen MR) is 74.8 cm³/mol. The number of amides is 1. The van der Waals surface area contributed by atoms with Crippen molar-refractivity contribution in [3.8, 4) is 0 Å². The summed E-state index contributed by atoms with van der Waals surface area (Å²) >= 11 is 0. The molecule has 2 N–H and O–H groups in total. The van der Waals surface area contributed by atoms with E-state index in [9.17, 15) is 22.8 Å². The van der Waals surface area contributed by atoms with Gasteiger partial charge >= 0.3 is 12.1 Å². The van der Waals surface area contributed by atoms with Crippen molar-refractivity contribution >= 4 is 17.6 Å². The summed E-state index contributed by atoms with van der Waals surface area (Å²) in [5.74, 6) is -2.76. The van der Waals surface area contributed by atoms with Gasteiger partial charge < -0.3 is 15.2 Å². The van der Waals surface area contributed by atoms with Gasteiger partial charge in [0.25, 0.3) is 0 Å². The molecular formula is C15H16F3NO4. The van der Waals surface area contributed by atoms with Crippen LogP contribution in [0, 0.1) is 5.92 Å². The maximum absolute atomic E-state index is 12.7. The summed E-state index contributed by atoms with van der Waals surface area (Å²) in [6.45, 7) is 0.442. The number of rotatable bonds is 5. The molecule has 0 aromatic heterocycles. The topological polar surface area (TPSA) is 75.6 Å². The Labute approximate surface area is 130 Å². The number of carbonyl (C=O) groups is 2. The molecule has 0 unspecified atom stereocenters. The zero-order chi connectivity index (χ0) is 17.0. The van der Waals surface area contributed by atoms with E-state index in [0.717, 1.165) is 18.6 Å². The van der Waals surface area contributed by atoms with Crippen LogP contribution in [0.2, 0.25) is 0 Å². The molecule has 1 aliphatic heterocycles. The fraction of sp³-hybridized carbons (Fsp3) is 0.467. The Balaban J connectivity index is 2.13. The molecule has 126 valence electrons. The average molecular weight is 331 g/mol. The molecular weight excluding hydrogens is 315 g/mol. The minimum absolute atomic E-state index is 0.0294. The first-order chi connectivity index (χ1) is 10.8. The Morgan fingerprint density at radius 2 is 2.13 bits per heavy atom. The van der Waals surface area contributed by atoms with E-state index >= 15 is 0 Å². The van der Waals surface area contributed by atoms with Gasteiger partial charge in [-0.05, 0) is 31.0 Å². The van der Waals surface area contributed by atoms with Crippen molar-refractivity contribution in [1.29, 1.82) is 0 Å². The molecule has 1 aromatic rings. The van der Waals surface area contributed by atoms with Gasteiger partial charge in [-0.15, -0.1) is 0 Å². The molecule has 2 rings (SSSR count). The maximum Gasteiger partial charge on any atom is 0.416 e. The fourth-order valence-corrected chi connectivity index (χ4v) is 2.51. The molecule has 1 amide bonds. The first kappa shape index (κ1) is 17.3. The highest BCUT2D eigenvalue weighted by Crippen LogP contribution is 2.31. The van der Waals surface area contributed by atoms with Crippen molar-refractivity contribution in [2.75, 3.05) is 11.9 Å². The van der Waals surface area contributed by atoms with Gasteiger partial charge in [0.1, 0.15) is 0 Å². The van der Waals surface area contributed by atoms with Crippen LogP contribution in [0.3, 0.4) is 0 Å². The fourth-order valence-electron chi connectivity index (χ4n) is 2.51. The molecule has 0 spiro atoms. The van der Waals surface area contributed by atoms with Crippen LogP contribution >= 0.6 is 0 Å². The summed E-state index contributed by atoms with van der Waals surface area (Å²) < 4.78 is 43.4. The van der Waals surface area contributed by atoms with E-state index in [0.29, 0.717) is 13.0 Å². The number of carboxylic acids is 1. The number of hydrogen-bond donors (Lipinski definition) is 2. The monoisotopic (exact) mass is 331 g/mol. The average Bonchev–Trinajstić information content (AvgIpc) is 2.97. The molecule has 1 aromatic carbocycles. The summed E-state index contributed by atoms with van der Waals surface area (Å²) in [6, 6.07) is 4.20.